The van der Waals surface area contributed by atoms with Crippen LogP contribution in [0.5, 0.6) is 0 Å². The Labute approximate surface area is 120 Å². The van der Waals surface area contributed by atoms with E-state index >= 15 is 0 Å². The number of rotatable bonds is 5. The normalized spacial score (nSPS) is 39.8. The van der Waals surface area contributed by atoms with Gasteiger partial charge in [0.2, 0.25) is 0 Å². The van der Waals surface area contributed by atoms with E-state index in [9.17, 15) is 5.26 Å². The topological polar surface area (TPSA) is 51.5 Å². The highest BCUT2D eigenvalue weighted by molar-refractivity contribution is 5.09. The van der Waals surface area contributed by atoms with Crippen molar-refractivity contribution in [3.8, 4) is 18.4 Å². The second-order valence-electron chi connectivity index (χ2n) is 6.16. The summed E-state index contributed by atoms with van der Waals surface area (Å²) in [6.45, 7) is 1.18. The van der Waals surface area contributed by atoms with Gasteiger partial charge in [-0.25, -0.2) is 0 Å². The molecule has 1 aliphatic carbocycles. The largest absolute Gasteiger partial charge is 0.327 e. The van der Waals surface area contributed by atoms with Crippen molar-refractivity contribution < 1.29 is 14.2 Å². The van der Waals surface area contributed by atoms with E-state index in [4.69, 9.17) is 20.6 Å². The Morgan fingerprint density at radius 2 is 1.95 bits per heavy atom. The molecule has 0 aromatic carbocycles. The summed E-state index contributed by atoms with van der Waals surface area (Å²) in [5.41, 5.74) is -0.242. The van der Waals surface area contributed by atoms with E-state index in [0.29, 0.717) is 25.6 Å². The Kier molecular flexibility index (Phi) is 3.73. The van der Waals surface area contributed by atoms with Crippen LogP contribution in [0.15, 0.2) is 0 Å². The highest BCUT2D eigenvalue weighted by atomic mass is 16.9. The number of fused-ring (bicyclic) bond motifs is 3. The van der Waals surface area contributed by atoms with Crippen molar-refractivity contribution in [2.45, 2.75) is 57.0 Å². The molecule has 4 rings (SSSR count). The number of nitrogens with zero attached hydrogens (tertiary/aromatic N) is 1. The summed E-state index contributed by atoms with van der Waals surface area (Å²) < 4.78 is 17.7. The van der Waals surface area contributed by atoms with Crippen LogP contribution in [0.2, 0.25) is 0 Å². The fourth-order valence-corrected chi connectivity index (χ4v) is 3.45. The molecule has 20 heavy (non-hydrogen) atoms. The summed E-state index contributed by atoms with van der Waals surface area (Å²) in [5.74, 6) is 2.13. The zero-order valence-electron chi connectivity index (χ0n) is 11.8. The summed E-state index contributed by atoms with van der Waals surface area (Å²) in [4.78, 5) is 0. The lowest BCUT2D eigenvalue weighted by atomic mass is 9.62. The predicted molar refractivity (Wildman–Crippen MR) is 72.2 cm³/mol. The Morgan fingerprint density at radius 1 is 1.20 bits per heavy atom. The lowest BCUT2D eigenvalue weighted by Gasteiger charge is -2.58. The third-order valence-corrected chi connectivity index (χ3v) is 5.03. The van der Waals surface area contributed by atoms with Gasteiger partial charge in [0, 0.05) is 12.8 Å². The third-order valence-electron chi connectivity index (χ3n) is 5.03. The van der Waals surface area contributed by atoms with Crippen molar-refractivity contribution in [1.29, 1.82) is 5.26 Å². The van der Waals surface area contributed by atoms with Gasteiger partial charge in [0.25, 0.3) is 5.97 Å². The van der Waals surface area contributed by atoms with Gasteiger partial charge in [-0.3, -0.25) is 0 Å². The number of hydrogen-bond donors (Lipinski definition) is 0. The minimum Gasteiger partial charge on any atom is -0.327 e. The number of unbranched alkanes of at least 4 members (excludes halogenated alkanes) is 2. The van der Waals surface area contributed by atoms with Crippen molar-refractivity contribution in [3.05, 3.63) is 0 Å². The second kappa shape index (κ2) is 5.37. The van der Waals surface area contributed by atoms with E-state index in [1.54, 1.807) is 0 Å². The van der Waals surface area contributed by atoms with Crippen molar-refractivity contribution in [1.82, 2.24) is 0 Å². The molecule has 0 aromatic heterocycles. The van der Waals surface area contributed by atoms with Gasteiger partial charge >= 0.3 is 0 Å². The van der Waals surface area contributed by atoms with Gasteiger partial charge in [0.1, 0.15) is 0 Å². The smallest absolute Gasteiger partial charge is 0.284 e. The van der Waals surface area contributed by atoms with Crippen LogP contribution < -0.4 is 0 Å². The van der Waals surface area contributed by atoms with Crippen molar-refractivity contribution >= 4 is 0 Å². The molecular formula is C16H21NO3. The first-order valence-electron chi connectivity index (χ1n) is 7.53. The Balaban J connectivity index is 1.65. The molecule has 1 atom stereocenters. The number of ether oxygens (including phenoxy) is 3. The van der Waals surface area contributed by atoms with Crippen molar-refractivity contribution in [2.24, 2.45) is 11.3 Å². The summed E-state index contributed by atoms with van der Waals surface area (Å²) in [7, 11) is 0. The molecule has 4 nitrogen and oxygen atoms in total. The summed E-state index contributed by atoms with van der Waals surface area (Å²) in [5, 5.41) is 9.46. The van der Waals surface area contributed by atoms with Gasteiger partial charge in [-0.1, -0.05) is 6.42 Å². The molecule has 3 aliphatic heterocycles. The predicted octanol–water partition coefficient (Wildman–Crippen LogP) is 2.59. The lowest BCUT2D eigenvalue weighted by Crippen LogP contribution is -2.67. The minimum absolute atomic E-state index is 0.242. The molecule has 4 fully saturated rings. The van der Waals surface area contributed by atoms with Crippen LogP contribution in [0, 0.1) is 35.0 Å². The molecule has 0 spiro atoms. The molecule has 3 heterocycles. The number of hydrogen-bond acceptors (Lipinski definition) is 4. The zero-order valence-corrected chi connectivity index (χ0v) is 11.8. The SMILES string of the molecule is C#CCCCCC12OCC(C3CCC3)(CO1)C(C#N)O2. The fourth-order valence-electron chi connectivity index (χ4n) is 3.45. The van der Waals surface area contributed by atoms with E-state index < -0.39 is 12.1 Å². The van der Waals surface area contributed by atoms with Crippen LogP contribution in [0.1, 0.15) is 44.9 Å². The zero-order chi connectivity index (χ0) is 14.1. The maximum atomic E-state index is 9.46. The highest BCUT2D eigenvalue weighted by Gasteiger charge is 2.61. The minimum atomic E-state index is -1.000. The van der Waals surface area contributed by atoms with Gasteiger partial charge in [-0.05, 0) is 31.6 Å². The Bertz CT molecular complexity index is 436. The first kappa shape index (κ1) is 13.9. The molecule has 0 N–H and O–H groups in total. The van der Waals surface area contributed by atoms with Crippen molar-refractivity contribution in [2.75, 3.05) is 13.2 Å². The van der Waals surface area contributed by atoms with Gasteiger partial charge < -0.3 is 14.2 Å². The van der Waals surface area contributed by atoms with Crippen molar-refractivity contribution in [3.63, 3.8) is 0 Å². The maximum Gasteiger partial charge on any atom is 0.284 e. The molecule has 4 heteroatoms. The molecule has 0 aromatic rings. The Hall–Kier alpha value is -1.07. The number of terminal acetylenes is 1. The summed E-state index contributed by atoms with van der Waals surface area (Å²) in [6, 6.07) is 2.34. The average molecular weight is 275 g/mol. The molecule has 108 valence electrons. The van der Waals surface area contributed by atoms with Crippen LogP contribution in [0.3, 0.4) is 0 Å². The quantitative estimate of drug-likeness (QED) is 0.571. The monoisotopic (exact) mass is 275 g/mol. The molecule has 1 saturated carbocycles. The van der Waals surface area contributed by atoms with Gasteiger partial charge in [-0.15, -0.1) is 12.3 Å². The Morgan fingerprint density at radius 3 is 2.50 bits per heavy atom. The maximum absolute atomic E-state index is 9.46. The molecule has 2 bridgehead atoms. The van der Waals surface area contributed by atoms with Crippen LogP contribution in [0.4, 0.5) is 0 Å². The average Bonchev–Trinajstić information content (AvgIpc) is 2.43. The molecular weight excluding hydrogens is 254 g/mol. The fraction of sp³-hybridized carbons (Fsp3) is 0.812. The summed E-state index contributed by atoms with van der Waals surface area (Å²) >= 11 is 0. The molecule has 3 saturated heterocycles. The van der Waals surface area contributed by atoms with E-state index in [0.717, 1.165) is 32.1 Å². The molecule has 1 unspecified atom stereocenters. The molecule has 0 amide bonds. The van der Waals surface area contributed by atoms with Crippen LogP contribution in [-0.2, 0) is 14.2 Å². The van der Waals surface area contributed by atoms with Crippen LogP contribution in [0.25, 0.3) is 0 Å². The van der Waals surface area contributed by atoms with Gasteiger partial charge in [0.15, 0.2) is 6.10 Å². The van der Waals surface area contributed by atoms with Gasteiger partial charge in [-0.2, -0.15) is 5.26 Å². The lowest BCUT2D eigenvalue weighted by molar-refractivity contribution is -0.490. The number of nitriles is 1. The van der Waals surface area contributed by atoms with Crippen LogP contribution in [-0.4, -0.2) is 25.3 Å². The van der Waals surface area contributed by atoms with E-state index in [-0.39, 0.29) is 5.41 Å². The standard InChI is InChI=1S/C16H21NO3/c1-2-3-4-5-9-16-18-11-15(12-19-16,13-7-6-8-13)14(10-17)20-16/h1,13-14H,3-9,11-12H2. The molecule has 4 aliphatic rings. The first-order chi connectivity index (χ1) is 9.75. The second-order valence-corrected chi connectivity index (χ2v) is 6.16. The third kappa shape index (κ3) is 2.13. The van der Waals surface area contributed by atoms with Gasteiger partial charge in [0.05, 0.1) is 24.7 Å². The highest BCUT2D eigenvalue weighted by Crippen LogP contribution is 2.54. The summed E-state index contributed by atoms with van der Waals surface area (Å²) in [6.07, 6.45) is 11.6. The van der Waals surface area contributed by atoms with E-state index in [2.05, 4.69) is 12.0 Å². The molecule has 0 radical (unpaired) electrons. The van der Waals surface area contributed by atoms with E-state index in [1.807, 2.05) is 0 Å². The van der Waals surface area contributed by atoms with E-state index in [1.165, 1.54) is 6.42 Å². The van der Waals surface area contributed by atoms with Crippen LogP contribution >= 0.6 is 0 Å². The first-order valence-corrected chi connectivity index (χ1v) is 7.53.